The summed E-state index contributed by atoms with van der Waals surface area (Å²) in [6, 6.07) is 7.75. The monoisotopic (exact) mass is 517 g/mol. The number of aliphatic carboxylic acids is 1. The predicted octanol–water partition coefficient (Wildman–Crippen LogP) is 3.14. The average Bonchev–Trinajstić information content (AvgIpc) is 2.84. The quantitative estimate of drug-likeness (QED) is 0.267. The molecule has 1 unspecified atom stereocenters. The lowest BCUT2D eigenvalue weighted by atomic mass is 9.88. The summed E-state index contributed by atoms with van der Waals surface area (Å²) in [5.74, 6) is -1.63. The van der Waals surface area contributed by atoms with Crippen molar-refractivity contribution in [2.45, 2.75) is 38.7 Å². The molecular formula is C28H34FO8-. The Balaban J connectivity index is 2.52. The average molecular weight is 518 g/mol. The summed E-state index contributed by atoms with van der Waals surface area (Å²) in [6.07, 6.45) is 0.738. The van der Waals surface area contributed by atoms with Gasteiger partial charge in [-0.2, -0.15) is 0 Å². The van der Waals surface area contributed by atoms with E-state index >= 15 is 0 Å². The first kappa shape index (κ1) is 30.0. The van der Waals surface area contributed by atoms with Crippen molar-refractivity contribution in [2.75, 3.05) is 40.6 Å². The lowest BCUT2D eigenvalue weighted by molar-refractivity contribution is -0.304. The first-order valence-corrected chi connectivity index (χ1v) is 12.0. The molecule has 0 aromatic heterocycles. The largest absolute Gasteiger partial charge is 0.550 e. The van der Waals surface area contributed by atoms with Crippen molar-refractivity contribution in [3.05, 3.63) is 53.4 Å². The maximum atomic E-state index is 13.7. The van der Waals surface area contributed by atoms with Gasteiger partial charge in [-0.05, 0) is 40.8 Å². The van der Waals surface area contributed by atoms with E-state index in [0.717, 1.165) is 5.56 Å². The number of hydrogen-bond acceptors (Lipinski definition) is 8. The van der Waals surface area contributed by atoms with E-state index in [-0.39, 0.29) is 18.9 Å². The number of methoxy groups -OCH3 is 2. The van der Waals surface area contributed by atoms with Gasteiger partial charge in [0.05, 0.1) is 33.0 Å². The van der Waals surface area contributed by atoms with Gasteiger partial charge in [0.2, 0.25) is 0 Å². The van der Waals surface area contributed by atoms with Crippen molar-refractivity contribution in [3.8, 4) is 22.6 Å². The van der Waals surface area contributed by atoms with Gasteiger partial charge in [-0.25, -0.2) is 4.39 Å². The van der Waals surface area contributed by atoms with E-state index in [4.69, 9.17) is 18.9 Å². The van der Waals surface area contributed by atoms with Crippen LogP contribution in [0.15, 0.2) is 36.4 Å². The van der Waals surface area contributed by atoms with Crippen LogP contribution in [0.1, 0.15) is 43.7 Å². The minimum atomic E-state index is -1.49. The van der Waals surface area contributed by atoms with Crippen LogP contribution >= 0.6 is 0 Å². The van der Waals surface area contributed by atoms with Crippen molar-refractivity contribution in [1.82, 2.24) is 0 Å². The van der Waals surface area contributed by atoms with E-state index in [2.05, 4.69) is 0 Å². The summed E-state index contributed by atoms with van der Waals surface area (Å²) in [5, 5.41) is 21.0. The van der Waals surface area contributed by atoms with Gasteiger partial charge >= 0.3 is 0 Å². The molecule has 37 heavy (non-hydrogen) atoms. The van der Waals surface area contributed by atoms with Crippen molar-refractivity contribution < 1.29 is 43.1 Å². The van der Waals surface area contributed by atoms with Crippen LogP contribution in [0, 0.1) is 5.82 Å². The number of halogens is 1. The van der Waals surface area contributed by atoms with Crippen LogP contribution in [0.2, 0.25) is 0 Å². The third-order valence-corrected chi connectivity index (χ3v) is 5.46. The molecule has 0 fully saturated rings. The molecule has 0 saturated heterocycles. The van der Waals surface area contributed by atoms with Crippen molar-refractivity contribution >= 4 is 17.8 Å². The van der Waals surface area contributed by atoms with Crippen LogP contribution in [-0.4, -0.2) is 63.6 Å². The lowest BCUT2D eigenvalue weighted by Crippen LogP contribution is -2.26. The highest BCUT2D eigenvalue weighted by Gasteiger charge is 2.22. The zero-order valence-corrected chi connectivity index (χ0v) is 21.6. The molecule has 202 valence electrons. The fourth-order valence-corrected chi connectivity index (χ4v) is 3.74. The molecule has 0 radical (unpaired) electrons. The van der Waals surface area contributed by atoms with Crippen LogP contribution in [-0.2, 0) is 19.1 Å². The first-order valence-electron chi connectivity index (χ1n) is 12.0. The van der Waals surface area contributed by atoms with Crippen LogP contribution in [0.5, 0.6) is 11.5 Å². The van der Waals surface area contributed by atoms with Gasteiger partial charge in [-0.3, -0.25) is 4.79 Å². The number of aliphatic hydroxyl groups excluding tert-OH is 1. The number of ether oxygens (including phenoxy) is 4. The Labute approximate surface area is 216 Å². The van der Waals surface area contributed by atoms with Crippen molar-refractivity contribution in [3.63, 3.8) is 0 Å². The zero-order chi connectivity index (χ0) is 27.4. The highest BCUT2D eigenvalue weighted by atomic mass is 19.1. The summed E-state index contributed by atoms with van der Waals surface area (Å²) < 4.78 is 35.9. The van der Waals surface area contributed by atoms with Gasteiger partial charge in [0.15, 0.2) is 11.5 Å². The Morgan fingerprint density at radius 1 is 1.08 bits per heavy atom. The molecule has 2 aromatic rings. The second-order valence-electron chi connectivity index (χ2n) is 8.62. The molecule has 0 aliphatic carbocycles. The van der Waals surface area contributed by atoms with E-state index in [1.807, 2.05) is 19.9 Å². The van der Waals surface area contributed by atoms with E-state index in [9.17, 15) is 24.2 Å². The maximum absolute atomic E-state index is 13.7. The van der Waals surface area contributed by atoms with E-state index < -0.39 is 30.1 Å². The molecule has 1 N–H and O–H groups in total. The Morgan fingerprint density at radius 2 is 1.76 bits per heavy atom. The maximum Gasteiger partial charge on any atom is 0.169 e. The predicted molar refractivity (Wildman–Crippen MR) is 135 cm³/mol. The van der Waals surface area contributed by atoms with Crippen molar-refractivity contribution in [2.24, 2.45) is 0 Å². The third kappa shape index (κ3) is 9.27. The highest BCUT2D eigenvalue weighted by molar-refractivity contribution is 5.94. The summed E-state index contributed by atoms with van der Waals surface area (Å²) in [4.78, 5) is 22.5. The minimum absolute atomic E-state index is 0.0157. The van der Waals surface area contributed by atoms with E-state index in [1.165, 1.54) is 25.3 Å². The fourth-order valence-electron chi connectivity index (χ4n) is 3.74. The summed E-state index contributed by atoms with van der Waals surface area (Å²) >= 11 is 0. The number of carbonyl (C=O) groups excluding carboxylic acids is 2. The molecule has 0 heterocycles. The number of rotatable bonds is 16. The molecule has 0 bridgehead atoms. The molecule has 0 saturated carbocycles. The number of carboxylic acid groups (broad SMARTS) is 1. The molecular weight excluding hydrogens is 483 g/mol. The van der Waals surface area contributed by atoms with E-state index in [0.29, 0.717) is 48.0 Å². The Morgan fingerprint density at radius 3 is 2.35 bits per heavy atom. The Kier molecular flexibility index (Phi) is 12.2. The van der Waals surface area contributed by atoms with Crippen LogP contribution < -0.4 is 14.6 Å². The molecule has 2 aromatic carbocycles. The number of Topliss-reactive ketones (excluding diaryl/α,β-unsaturated/α-hetero) is 1. The SMILES string of the molecule is COCCOCCOc1cc(C(C)C)c(/C=C/C(O)CC(=O)CC(=O)[O-])c(-c2ccc(F)cc2)c1OC. The molecule has 9 heteroatoms. The van der Waals surface area contributed by atoms with Crippen LogP contribution in [0.3, 0.4) is 0 Å². The molecule has 0 aliphatic rings. The number of ketones is 1. The number of aliphatic hydroxyl groups is 1. The molecule has 0 amide bonds. The first-order chi connectivity index (χ1) is 17.7. The molecule has 8 nitrogen and oxygen atoms in total. The minimum Gasteiger partial charge on any atom is -0.550 e. The second kappa shape index (κ2) is 15.1. The Hall–Kier alpha value is -3.27. The third-order valence-electron chi connectivity index (χ3n) is 5.46. The second-order valence-corrected chi connectivity index (χ2v) is 8.62. The lowest BCUT2D eigenvalue weighted by Gasteiger charge is -2.22. The van der Waals surface area contributed by atoms with Gasteiger partial charge in [-0.1, -0.05) is 38.1 Å². The zero-order valence-electron chi connectivity index (χ0n) is 21.6. The molecule has 0 spiro atoms. The number of carbonyl (C=O) groups is 2. The van der Waals surface area contributed by atoms with Crippen molar-refractivity contribution in [1.29, 1.82) is 0 Å². The van der Waals surface area contributed by atoms with Gasteiger partial charge in [-0.15, -0.1) is 0 Å². The smallest absolute Gasteiger partial charge is 0.169 e. The molecule has 1 atom stereocenters. The van der Waals surface area contributed by atoms with Crippen LogP contribution in [0.25, 0.3) is 17.2 Å². The summed E-state index contributed by atoms with van der Waals surface area (Å²) in [6.45, 7) is 5.49. The summed E-state index contributed by atoms with van der Waals surface area (Å²) in [7, 11) is 3.09. The van der Waals surface area contributed by atoms with Crippen LogP contribution in [0.4, 0.5) is 4.39 Å². The van der Waals surface area contributed by atoms with E-state index in [1.54, 1.807) is 25.3 Å². The van der Waals surface area contributed by atoms with Gasteiger partial charge in [0, 0.05) is 31.5 Å². The highest BCUT2D eigenvalue weighted by Crippen LogP contribution is 2.45. The number of benzene rings is 2. The van der Waals surface area contributed by atoms with Gasteiger partial charge < -0.3 is 34.0 Å². The molecule has 0 aliphatic heterocycles. The van der Waals surface area contributed by atoms with Gasteiger partial charge in [0.25, 0.3) is 0 Å². The van der Waals surface area contributed by atoms with Gasteiger partial charge in [0.1, 0.15) is 18.2 Å². The number of carboxylic acids is 1. The standard InChI is InChI=1S/C28H35FO8/c1-18(2)24-17-25(37-14-13-36-12-11-34-3)28(35-4)27(19-5-7-20(29)8-6-19)23(24)10-9-21(30)15-22(31)16-26(32)33/h5-10,17-18,21,30H,11-16H2,1-4H3,(H,32,33)/p-1/b10-9+. The topological polar surface area (TPSA) is 114 Å². The molecule has 2 rings (SSSR count). The number of hydrogen-bond donors (Lipinski definition) is 1. The normalized spacial score (nSPS) is 12.2. The fraction of sp³-hybridized carbons (Fsp3) is 0.429. The summed E-state index contributed by atoms with van der Waals surface area (Å²) in [5.41, 5.74) is 2.83. The Bertz CT molecular complexity index is 1060.